The number of hydrogen-bond acceptors (Lipinski definition) is 4. The normalized spacial score (nSPS) is 23.5. The highest BCUT2D eigenvalue weighted by Crippen LogP contribution is 2.49. The molecule has 1 aromatic carbocycles. The lowest BCUT2D eigenvalue weighted by Crippen LogP contribution is -2.35. The van der Waals surface area contributed by atoms with Crippen LogP contribution >= 0.6 is 22.6 Å². The van der Waals surface area contributed by atoms with Gasteiger partial charge in [0.1, 0.15) is 18.4 Å². The van der Waals surface area contributed by atoms with E-state index in [4.69, 9.17) is 4.74 Å². The zero-order chi connectivity index (χ0) is 17.7. The van der Waals surface area contributed by atoms with E-state index in [1.807, 2.05) is 5.32 Å². The zero-order valence-electron chi connectivity index (χ0n) is 14.1. The first-order chi connectivity index (χ1) is 11.5. The van der Waals surface area contributed by atoms with E-state index in [2.05, 4.69) is 53.5 Å². The minimum absolute atomic E-state index is 0.419. The Bertz CT molecular complexity index is 606. The monoisotopic (exact) mass is 443 g/mol. The summed E-state index contributed by atoms with van der Waals surface area (Å²) in [5, 5.41) is 14.9. The number of ether oxygens (including phenoxy) is 1. The lowest BCUT2D eigenvalue weighted by molar-refractivity contribution is -0.250. The largest absolute Gasteiger partial charge is 0.530 e. The highest BCUT2D eigenvalue weighted by atomic mass is 127. The van der Waals surface area contributed by atoms with Crippen molar-refractivity contribution in [3.8, 4) is 5.75 Å². The Balaban J connectivity index is 0.000000301. The number of carbonyl (C=O) groups is 1. The Morgan fingerprint density at radius 3 is 2.83 bits per heavy atom. The van der Waals surface area contributed by atoms with Crippen LogP contribution in [0.4, 0.5) is 4.79 Å². The first-order valence-electron chi connectivity index (χ1n) is 8.22. The molecule has 3 rings (SSSR count). The fraction of sp³-hybridized carbons (Fsp3) is 0.500. The maximum atomic E-state index is 9.38. The van der Waals surface area contributed by atoms with Gasteiger partial charge in [0.05, 0.1) is 3.57 Å². The van der Waals surface area contributed by atoms with E-state index in [0.29, 0.717) is 25.0 Å². The van der Waals surface area contributed by atoms with Crippen molar-refractivity contribution in [1.82, 2.24) is 10.6 Å². The third-order valence-electron chi connectivity index (χ3n) is 4.61. The van der Waals surface area contributed by atoms with Crippen LogP contribution < -0.4 is 20.5 Å². The molecule has 0 aromatic heterocycles. The third-order valence-corrected chi connectivity index (χ3v) is 5.45. The van der Waals surface area contributed by atoms with Gasteiger partial charge in [-0.25, -0.2) is 0 Å². The number of fused-ring (bicyclic) bond motifs is 3. The van der Waals surface area contributed by atoms with Crippen molar-refractivity contribution in [2.45, 2.75) is 25.7 Å². The Labute approximate surface area is 157 Å². The fourth-order valence-corrected chi connectivity index (χ4v) is 4.15. The number of carboxylic acid groups (broad SMARTS) is 1. The minimum atomic E-state index is -1.21. The maximum Gasteiger partial charge on any atom is 0.134 e. The van der Waals surface area contributed by atoms with E-state index >= 15 is 0 Å². The average Bonchev–Trinajstić information content (AvgIpc) is 3.10. The summed E-state index contributed by atoms with van der Waals surface area (Å²) in [5.74, 6) is 3.12. The quantitative estimate of drug-likeness (QED) is 0.553. The van der Waals surface area contributed by atoms with Gasteiger partial charge in [0, 0.05) is 19.0 Å². The lowest BCUT2D eigenvalue weighted by atomic mass is 9.91. The molecular formula is C18H24IN2O3-. The van der Waals surface area contributed by atoms with Gasteiger partial charge in [0.2, 0.25) is 0 Å². The molecule has 3 atom stereocenters. The summed E-state index contributed by atoms with van der Waals surface area (Å²) in [7, 11) is 0. The van der Waals surface area contributed by atoms with E-state index in [9.17, 15) is 9.90 Å². The number of rotatable bonds is 4. The summed E-state index contributed by atoms with van der Waals surface area (Å²) in [6.45, 7) is 11.0. The number of nitrogens with one attached hydrogen (secondary N) is 2. The van der Waals surface area contributed by atoms with Crippen molar-refractivity contribution in [2.24, 2.45) is 5.92 Å². The Morgan fingerprint density at radius 2 is 2.25 bits per heavy atom. The second-order valence-electron chi connectivity index (χ2n) is 6.05. The first kappa shape index (κ1) is 19.1. The molecule has 0 bridgehead atoms. The Morgan fingerprint density at radius 1 is 1.50 bits per heavy atom. The fourth-order valence-electron chi connectivity index (χ4n) is 3.50. The van der Waals surface area contributed by atoms with E-state index < -0.39 is 6.09 Å². The molecule has 6 heteroatoms. The zero-order valence-corrected chi connectivity index (χ0v) is 16.3. The van der Waals surface area contributed by atoms with Crippen LogP contribution in [0.2, 0.25) is 0 Å². The summed E-state index contributed by atoms with van der Waals surface area (Å²) in [6, 6.07) is 4.58. The van der Waals surface area contributed by atoms with Gasteiger partial charge in [0.25, 0.3) is 0 Å². The standard InChI is InChI=1S/C15H18INO.C3H7NO2/c1-3-4-18-15-6-11-10(5-14(15)16)9(2)12-7-17-8-13(11)12;1-2-4-3(5)6/h3,5-6,9,12-13,17H,1,4,7-8H2,2H3;4H,2H2,1H3,(H,5,6)/p-1. The summed E-state index contributed by atoms with van der Waals surface area (Å²) in [5.41, 5.74) is 3.03. The van der Waals surface area contributed by atoms with Crippen molar-refractivity contribution in [1.29, 1.82) is 0 Å². The number of benzene rings is 1. The van der Waals surface area contributed by atoms with Crippen LogP contribution in [0.3, 0.4) is 0 Å². The second kappa shape index (κ2) is 8.71. The molecule has 1 aromatic rings. The summed E-state index contributed by atoms with van der Waals surface area (Å²) in [6.07, 6.45) is 0.587. The number of halogens is 1. The number of carbonyl (C=O) groups excluding carboxylic acids is 1. The van der Waals surface area contributed by atoms with Gasteiger partial charge in [-0.3, -0.25) is 0 Å². The topological polar surface area (TPSA) is 73.4 Å². The molecule has 1 fully saturated rings. The molecule has 0 saturated carbocycles. The molecule has 0 radical (unpaired) electrons. The molecular weight excluding hydrogens is 419 g/mol. The van der Waals surface area contributed by atoms with Gasteiger partial charge >= 0.3 is 0 Å². The average molecular weight is 443 g/mol. The number of amides is 1. The van der Waals surface area contributed by atoms with Crippen LogP contribution in [0.1, 0.15) is 36.8 Å². The smallest absolute Gasteiger partial charge is 0.134 e. The molecule has 132 valence electrons. The molecule has 3 unspecified atom stereocenters. The maximum absolute atomic E-state index is 9.38. The van der Waals surface area contributed by atoms with Crippen LogP contribution in [0.15, 0.2) is 24.8 Å². The van der Waals surface area contributed by atoms with Crippen LogP contribution in [0.5, 0.6) is 5.75 Å². The van der Waals surface area contributed by atoms with Crippen molar-refractivity contribution < 1.29 is 14.6 Å². The second-order valence-corrected chi connectivity index (χ2v) is 7.21. The van der Waals surface area contributed by atoms with E-state index in [1.165, 1.54) is 14.7 Å². The summed E-state index contributed by atoms with van der Waals surface area (Å²) < 4.78 is 6.96. The molecule has 0 spiro atoms. The van der Waals surface area contributed by atoms with E-state index in [0.717, 1.165) is 24.8 Å². The van der Waals surface area contributed by atoms with Crippen molar-refractivity contribution >= 4 is 28.7 Å². The van der Waals surface area contributed by atoms with Gasteiger partial charge in [-0.15, -0.1) is 0 Å². The van der Waals surface area contributed by atoms with Gasteiger partial charge < -0.3 is 25.3 Å². The Hall–Kier alpha value is -1.28. The molecule has 1 aliphatic carbocycles. The molecule has 2 N–H and O–H groups in total. The first-order valence-corrected chi connectivity index (χ1v) is 9.30. The van der Waals surface area contributed by atoms with Crippen LogP contribution in [-0.2, 0) is 0 Å². The van der Waals surface area contributed by atoms with E-state index in [-0.39, 0.29) is 0 Å². The van der Waals surface area contributed by atoms with Crippen molar-refractivity contribution in [3.05, 3.63) is 39.5 Å². The summed E-state index contributed by atoms with van der Waals surface area (Å²) in [4.78, 5) is 9.38. The predicted octanol–water partition coefficient (Wildman–Crippen LogP) is 2.22. The van der Waals surface area contributed by atoms with Gasteiger partial charge in [0.15, 0.2) is 0 Å². The summed E-state index contributed by atoms with van der Waals surface area (Å²) >= 11 is 2.37. The molecule has 1 saturated heterocycles. The molecule has 2 aliphatic rings. The van der Waals surface area contributed by atoms with Crippen LogP contribution in [0.25, 0.3) is 0 Å². The molecule has 1 amide bonds. The van der Waals surface area contributed by atoms with Crippen molar-refractivity contribution in [3.63, 3.8) is 0 Å². The SMILES string of the molecule is C=CCOc1cc2c(cc1I)C(C)C1CNCC21.CCNC(=O)[O-]. The highest BCUT2D eigenvalue weighted by Gasteiger charge is 2.41. The molecule has 1 aliphatic heterocycles. The molecule has 24 heavy (non-hydrogen) atoms. The third kappa shape index (κ3) is 4.22. The van der Waals surface area contributed by atoms with Crippen molar-refractivity contribution in [2.75, 3.05) is 26.2 Å². The van der Waals surface area contributed by atoms with Crippen LogP contribution in [-0.4, -0.2) is 32.3 Å². The number of hydrogen-bond donors (Lipinski definition) is 2. The van der Waals surface area contributed by atoms with E-state index in [1.54, 1.807) is 13.0 Å². The van der Waals surface area contributed by atoms with Crippen LogP contribution in [0, 0.1) is 9.49 Å². The molecule has 1 heterocycles. The van der Waals surface area contributed by atoms with Gasteiger partial charge in [-0.05, 0) is 71.2 Å². The highest BCUT2D eigenvalue weighted by molar-refractivity contribution is 14.1. The molecule has 5 nitrogen and oxygen atoms in total. The minimum Gasteiger partial charge on any atom is -0.530 e. The predicted molar refractivity (Wildman–Crippen MR) is 101 cm³/mol. The lowest BCUT2D eigenvalue weighted by Gasteiger charge is -2.13. The van der Waals surface area contributed by atoms with Gasteiger partial charge in [-0.1, -0.05) is 19.6 Å². The van der Waals surface area contributed by atoms with Gasteiger partial charge in [-0.2, -0.15) is 0 Å². The Kier molecular flexibility index (Phi) is 6.91.